The molecule has 0 aliphatic carbocycles. The lowest BCUT2D eigenvalue weighted by molar-refractivity contribution is -0.122. The second-order valence-corrected chi connectivity index (χ2v) is 4.44. The molecule has 0 unspecified atom stereocenters. The summed E-state index contributed by atoms with van der Waals surface area (Å²) in [6.45, 7) is 2.75. The standard InChI is InChI=1S/C10H12ClF4N3O/c1-4(2)16-5(19)3-18-8(10(14)15)6(11)7(17-18)9(12)13/h4,9-10H,3H2,1-2H3,(H,16,19). The molecule has 0 saturated heterocycles. The minimum absolute atomic E-state index is 0.205. The van der Waals surface area contributed by atoms with Crippen LogP contribution >= 0.6 is 11.6 Å². The maximum Gasteiger partial charge on any atom is 0.283 e. The maximum absolute atomic E-state index is 12.8. The Morgan fingerprint density at radius 1 is 1.32 bits per heavy atom. The number of nitrogens with zero attached hydrogens (tertiary/aromatic N) is 2. The summed E-state index contributed by atoms with van der Waals surface area (Å²) in [5.41, 5.74) is -1.83. The fraction of sp³-hybridized carbons (Fsp3) is 0.600. The van der Waals surface area contributed by atoms with Crippen LogP contribution in [0.5, 0.6) is 0 Å². The summed E-state index contributed by atoms with van der Waals surface area (Å²) in [7, 11) is 0. The molecule has 1 rings (SSSR count). The van der Waals surface area contributed by atoms with Crippen LogP contribution in [0, 0.1) is 0 Å². The Morgan fingerprint density at radius 3 is 2.32 bits per heavy atom. The number of amides is 1. The molecule has 0 aliphatic heterocycles. The molecule has 0 bridgehead atoms. The highest BCUT2D eigenvalue weighted by Gasteiger charge is 2.28. The predicted molar refractivity (Wildman–Crippen MR) is 60.4 cm³/mol. The van der Waals surface area contributed by atoms with Gasteiger partial charge in [-0.25, -0.2) is 17.6 Å². The SMILES string of the molecule is CC(C)NC(=O)Cn1nc(C(F)F)c(Cl)c1C(F)F. The second kappa shape index (κ2) is 6.23. The minimum Gasteiger partial charge on any atom is -0.352 e. The van der Waals surface area contributed by atoms with Crippen molar-refractivity contribution in [3.05, 3.63) is 16.4 Å². The number of rotatable bonds is 5. The summed E-state index contributed by atoms with van der Waals surface area (Å²) in [5.74, 6) is -0.614. The molecule has 0 radical (unpaired) electrons. The highest BCUT2D eigenvalue weighted by molar-refractivity contribution is 6.32. The molecule has 1 aromatic heterocycles. The molecule has 9 heteroatoms. The van der Waals surface area contributed by atoms with Crippen molar-refractivity contribution < 1.29 is 22.4 Å². The van der Waals surface area contributed by atoms with Crippen molar-refractivity contribution in [2.45, 2.75) is 39.3 Å². The van der Waals surface area contributed by atoms with Gasteiger partial charge in [0.2, 0.25) is 5.91 Å². The van der Waals surface area contributed by atoms with E-state index in [1.165, 1.54) is 0 Å². The van der Waals surface area contributed by atoms with Crippen LogP contribution in [0.1, 0.15) is 38.1 Å². The lowest BCUT2D eigenvalue weighted by Crippen LogP contribution is -2.33. The summed E-state index contributed by atoms with van der Waals surface area (Å²) in [6.07, 6.45) is -6.18. The smallest absolute Gasteiger partial charge is 0.283 e. The van der Waals surface area contributed by atoms with Crippen LogP contribution in [-0.4, -0.2) is 21.7 Å². The second-order valence-electron chi connectivity index (χ2n) is 4.07. The number of carbonyl (C=O) groups excluding carboxylic acids is 1. The first-order valence-electron chi connectivity index (χ1n) is 5.35. The van der Waals surface area contributed by atoms with Gasteiger partial charge >= 0.3 is 0 Å². The van der Waals surface area contributed by atoms with Crippen LogP contribution in [0.3, 0.4) is 0 Å². The van der Waals surface area contributed by atoms with E-state index in [1.54, 1.807) is 13.8 Å². The van der Waals surface area contributed by atoms with E-state index in [2.05, 4.69) is 10.4 Å². The molecular weight excluding hydrogens is 290 g/mol. The molecule has 0 aromatic carbocycles. The summed E-state index contributed by atoms with van der Waals surface area (Å²) in [6, 6.07) is -0.205. The number of alkyl halides is 4. The van der Waals surface area contributed by atoms with Gasteiger partial charge in [0, 0.05) is 6.04 Å². The molecular formula is C10H12ClF4N3O. The van der Waals surface area contributed by atoms with Crippen LogP contribution in [0.25, 0.3) is 0 Å². The highest BCUT2D eigenvalue weighted by atomic mass is 35.5. The van der Waals surface area contributed by atoms with E-state index in [1.807, 2.05) is 0 Å². The zero-order valence-corrected chi connectivity index (χ0v) is 10.9. The van der Waals surface area contributed by atoms with Crippen LogP contribution in [-0.2, 0) is 11.3 Å². The quantitative estimate of drug-likeness (QED) is 0.850. The van der Waals surface area contributed by atoms with Crippen molar-refractivity contribution >= 4 is 17.5 Å². The first kappa shape index (κ1) is 15.7. The van der Waals surface area contributed by atoms with Gasteiger partial charge in [-0.15, -0.1) is 0 Å². The molecule has 0 atom stereocenters. The van der Waals surface area contributed by atoms with Crippen LogP contribution < -0.4 is 5.32 Å². The van der Waals surface area contributed by atoms with Crippen molar-refractivity contribution in [2.24, 2.45) is 0 Å². The lowest BCUT2D eigenvalue weighted by atomic mass is 10.3. The molecule has 108 valence electrons. The van der Waals surface area contributed by atoms with Crippen LogP contribution in [0.4, 0.5) is 17.6 Å². The average Bonchev–Trinajstić information content (AvgIpc) is 2.53. The Morgan fingerprint density at radius 2 is 1.89 bits per heavy atom. The number of halogens is 5. The van der Waals surface area contributed by atoms with Crippen molar-refractivity contribution in [3.8, 4) is 0 Å². The third kappa shape index (κ3) is 3.82. The highest BCUT2D eigenvalue weighted by Crippen LogP contribution is 2.34. The van der Waals surface area contributed by atoms with E-state index in [-0.39, 0.29) is 6.04 Å². The van der Waals surface area contributed by atoms with E-state index >= 15 is 0 Å². The molecule has 1 amide bonds. The molecule has 1 heterocycles. The predicted octanol–water partition coefficient (Wildman–Crippen LogP) is 2.94. The summed E-state index contributed by atoms with van der Waals surface area (Å²) in [5, 5.41) is 4.91. The van der Waals surface area contributed by atoms with E-state index in [0.717, 1.165) is 0 Å². The van der Waals surface area contributed by atoms with Crippen molar-refractivity contribution in [2.75, 3.05) is 0 Å². The molecule has 0 aliphatic rings. The molecule has 4 nitrogen and oxygen atoms in total. The lowest BCUT2D eigenvalue weighted by Gasteiger charge is -2.10. The fourth-order valence-electron chi connectivity index (χ4n) is 1.44. The zero-order valence-electron chi connectivity index (χ0n) is 10.1. The Kier molecular flexibility index (Phi) is 5.16. The maximum atomic E-state index is 12.8. The Bertz CT molecular complexity index is 462. The van der Waals surface area contributed by atoms with E-state index < -0.39 is 41.7 Å². The molecule has 0 spiro atoms. The van der Waals surface area contributed by atoms with Crippen LogP contribution in [0.2, 0.25) is 5.02 Å². The summed E-state index contributed by atoms with van der Waals surface area (Å²) >= 11 is 5.43. The fourth-order valence-corrected chi connectivity index (χ4v) is 1.74. The molecule has 0 fully saturated rings. The number of hydrogen-bond acceptors (Lipinski definition) is 2. The monoisotopic (exact) mass is 301 g/mol. The number of hydrogen-bond donors (Lipinski definition) is 1. The van der Waals surface area contributed by atoms with Gasteiger partial charge < -0.3 is 5.32 Å². The van der Waals surface area contributed by atoms with Gasteiger partial charge in [0.15, 0.2) is 0 Å². The number of aromatic nitrogens is 2. The Hall–Kier alpha value is -1.31. The van der Waals surface area contributed by atoms with Crippen molar-refractivity contribution in [3.63, 3.8) is 0 Å². The topological polar surface area (TPSA) is 46.9 Å². The zero-order chi connectivity index (χ0) is 14.7. The first-order valence-corrected chi connectivity index (χ1v) is 5.73. The van der Waals surface area contributed by atoms with Gasteiger partial charge in [-0.2, -0.15) is 5.10 Å². The van der Waals surface area contributed by atoms with Crippen molar-refractivity contribution in [1.29, 1.82) is 0 Å². The van der Waals surface area contributed by atoms with Gasteiger partial charge in [-0.05, 0) is 13.8 Å². The van der Waals surface area contributed by atoms with Crippen LogP contribution in [0.15, 0.2) is 0 Å². The van der Waals surface area contributed by atoms with E-state index in [4.69, 9.17) is 11.6 Å². The summed E-state index contributed by atoms with van der Waals surface area (Å²) in [4.78, 5) is 11.4. The van der Waals surface area contributed by atoms with Gasteiger partial charge in [-0.3, -0.25) is 9.48 Å². The Balaban J connectivity index is 3.06. The van der Waals surface area contributed by atoms with E-state index in [0.29, 0.717) is 4.68 Å². The molecule has 1 N–H and O–H groups in total. The van der Waals surface area contributed by atoms with Gasteiger partial charge in [0.25, 0.3) is 12.9 Å². The number of carbonyl (C=O) groups is 1. The minimum atomic E-state index is -3.10. The normalized spacial score (nSPS) is 11.7. The molecule has 19 heavy (non-hydrogen) atoms. The first-order chi connectivity index (χ1) is 8.73. The largest absolute Gasteiger partial charge is 0.352 e. The average molecular weight is 302 g/mol. The van der Waals surface area contributed by atoms with Crippen molar-refractivity contribution in [1.82, 2.24) is 15.1 Å². The molecule has 0 saturated carbocycles. The number of nitrogens with one attached hydrogen (secondary N) is 1. The third-order valence-corrected chi connectivity index (χ3v) is 2.50. The third-order valence-electron chi connectivity index (χ3n) is 2.11. The van der Waals surface area contributed by atoms with Gasteiger partial charge in [0.1, 0.15) is 17.9 Å². The van der Waals surface area contributed by atoms with Gasteiger partial charge in [-0.1, -0.05) is 11.6 Å². The Labute approximate surface area is 111 Å². The molecule has 1 aromatic rings. The van der Waals surface area contributed by atoms with Gasteiger partial charge in [0.05, 0.1) is 5.02 Å². The van der Waals surface area contributed by atoms with E-state index in [9.17, 15) is 22.4 Å². The summed E-state index contributed by atoms with van der Waals surface area (Å²) < 4.78 is 51.1.